The van der Waals surface area contributed by atoms with E-state index in [0.717, 1.165) is 51.9 Å². The standard InChI is InChI=1S/C24H25N3O2/c1-16-20-6-3-4-7-22(20)26-17(2)21(16)14-23(28)25-15-18-9-11-19(12-10-18)27-13-5-8-24(27)29/h3-4,6-7,9-12H,5,8,13-15H2,1-2H3,(H,25,28). The number of benzene rings is 2. The zero-order chi connectivity index (χ0) is 20.4. The van der Waals surface area contributed by atoms with Gasteiger partial charge in [-0.3, -0.25) is 14.6 Å². The number of hydrogen-bond acceptors (Lipinski definition) is 3. The van der Waals surface area contributed by atoms with Crippen LogP contribution in [0.15, 0.2) is 48.5 Å². The predicted octanol–water partition coefficient (Wildman–Crippen LogP) is 3.84. The highest BCUT2D eigenvalue weighted by molar-refractivity contribution is 5.95. The lowest BCUT2D eigenvalue weighted by atomic mass is 9.99. The number of carbonyl (C=O) groups excluding carboxylic acids is 2. The molecule has 1 aliphatic heterocycles. The fourth-order valence-corrected chi connectivity index (χ4v) is 3.97. The van der Waals surface area contributed by atoms with Crippen LogP contribution in [0.1, 0.15) is 35.2 Å². The molecule has 1 aromatic heterocycles. The summed E-state index contributed by atoms with van der Waals surface area (Å²) in [4.78, 5) is 30.9. The van der Waals surface area contributed by atoms with E-state index < -0.39 is 0 Å². The van der Waals surface area contributed by atoms with Gasteiger partial charge in [0, 0.05) is 36.3 Å². The molecule has 0 aliphatic carbocycles. The summed E-state index contributed by atoms with van der Waals surface area (Å²) in [6, 6.07) is 15.9. The molecule has 29 heavy (non-hydrogen) atoms. The van der Waals surface area contributed by atoms with Crippen LogP contribution < -0.4 is 10.2 Å². The summed E-state index contributed by atoms with van der Waals surface area (Å²) in [5.41, 5.74) is 5.90. The van der Waals surface area contributed by atoms with E-state index in [1.807, 2.05) is 60.4 Å². The third-order valence-corrected chi connectivity index (χ3v) is 5.63. The second-order valence-corrected chi connectivity index (χ2v) is 7.59. The van der Waals surface area contributed by atoms with Gasteiger partial charge in [0.2, 0.25) is 11.8 Å². The van der Waals surface area contributed by atoms with E-state index in [2.05, 4.69) is 17.2 Å². The number of para-hydroxylation sites is 1. The van der Waals surface area contributed by atoms with Gasteiger partial charge in [-0.2, -0.15) is 0 Å². The number of hydrogen-bond donors (Lipinski definition) is 1. The lowest BCUT2D eigenvalue weighted by Crippen LogP contribution is -2.26. The molecule has 0 spiro atoms. The number of anilines is 1. The molecule has 0 bridgehead atoms. The topological polar surface area (TPSA) is 62.3 Å². The van der Waals surface area contributed by atoms with Crippen molar-refractivity contribution in [2.45, 2.75) is 39.7 Å². The Morgan fingerprint density at radius 2 is 1.86 bits per heavy atom. The number of aromatic nitrogens is 1. The molecule has 148 valence electrons. The molecule has 0 radical (unpaired) electrons. The maximum atomic E-state index is 12.6. The first kappa shape index (κ1) is 19.1. The van der Waals surface area contributed by atoms with Gasteiger partial charge in [0.05, 0.1) is 11.9 Å². The molecule has 0 atom stereocenters. The highest BCUT2D eigenvalue weighted by Gasteiger charge is 2.21. The van der Waals surface area contributed by atoms with Gasteiger partial charge in [-0.25, -0.2) is 0 Å². The van der Waals surface area contributed by atoms with Crippen molar-refractivity contribution in [2.75, 3.05) is 11.4 Å². The fourth-order valence-electron chi connectivity index (χ4n) is 3.97. The highest BCUT2D eigenvalue weighted by atomic mass is 16.2. The Bertz CT molecular complexity index is 1070. The Morgan fingerprint density at radius 1 is 1.10 bits per heavy atom. The largest absolute Gasteiger partial charge is 0.352 e. The van der Waals surface area contributed by atoms with Gasteiger partial charge >= 0.3 is 0 Å². The maximum absolute atomic E-state index is 12.6. The predicted molar refractivity (Wildman–Crippen MR) is 115 cm³/mol. The van der Waals surface area contributed by atoms with Crippen LogP contribution in [0.25, 0.3) is 10.9 Å². The average Bonchev–Trinajstić information content (AvgIpc) is 3.16. The summed E-state index contributed by atoms with van der Waals surface area (Å²) in [6.45, 7) is 5.26. The van der Waals surface area contributed by atoms with E-state index >= 15 is 0 Å². The van der Waals surface area contributed by atoms with Crippen molar-refractivity contribution in [3.05, 3.63) is 70.9 Å². The van der Waals surface area contributed by atoms with E-state index in [4.69, 9.17) is 0 Å². The second-order valence-electron chi connectivity index (χ2n) is 7.59. The molecule has 1 aliphatic rings. The number of nitrogens with zero attached hydrogens (tertiary/aromatic N) is 2. The van der Waals surface area contributed by atoms with Gasteiger partial charge in [0.25, 0.3) is 0 Å². The van der Waals surface area contributed by atoms with Crippen molar-refractivity contribution >= 4 is 28.4 Å². The fraction of sp³-hybridized carbons (Fsp3) is 0.292. The van der Waals surface area contributed by atoms with Crippen molar-refractivity contribution < 1.29 is 9.59 Å². The quantitative estimate of drug-likeness (QED) is 0.724. The van der Waals surface area contributed by atoms with E-state index in [-0.39, 0.29) is 11.8 Å². The zero-order valence-electron chi connectivity index (χ0n) is 16.9. The molecule has 0 saturated carbocycles. The van der Waals surface area contributed by atoms with Crippen LogP contribution >= 0.6 is 0 Å². The third-order valence-electron chi connectivity index (χ3n) is 5.63. The first-order valence-corrected chi connectivity index (χ1v) is 10.0. The van der Waals surface area contributed by atoms with E-state index in [1.54, 1.807) is 0 Å². The Morgan fingerprint density at radius 3 is 2.59 bits per heavy atom. The SMILES string of the molecule is Cc1nc2ccccc2c(C)c1CC(=O)NCc1ccc(N2CCCC2=O)cc1. The second kappa shape index (κ2) is 8.03. The van der Waals surface area contributed by atoms with Crippen molar-refractivity contribution in [3.8, 4) is 0 Å². The summed E-state index contributed by atoms with van der Waals surface area (Å²) < 4.78 is 0. The van der Waals surface area contributed by atoms with Gasteiger partial charge in [0.1, 0.15) is 0 Å². The molecule has 5 nitrogen and oxygen atoms in total. The number of amides is 2. The zero-order valence-corrected chi connectivity index (χ0v) is 16.9. The first-order chi connectivity index (χ1) is 14.0. The Kier molecular flexibility index (Phi) is 5.30. The lowest BCUT2D eigenvalue weighted by molar-refractivity contribution is -0.120. The molecule has 2 amide bonds. The Labute approximate surface area is 170 Å². The summed E-state index contributed by atoms with van der Waals surface area (Å²) in [7, 11) is 0. The summed E-state index contributed by atoms with van der Waals surface area (Å²) >= 11 is 0. The van der Waals surface area contributed by atoms with Crippen molar-refractivity contribution in [3.63, 3.8) is 0 Å². The smallest absolute Gasteiger partial charge is 0.227 e. The molecule has 3 aromatic rings. The van der Waals surface area contributed by atoms with Crippen LogP contribution in [0.2, 0.25) is 0 Å². The number of aryl methyl sites for hydroxylation is 2. The molecule has 4 rings (SSSR count). The van der Waals surface area contributed by atoms with Gasteiger partial charge in [-0.05, 0) is 55.2 Å². The van der Waals surface area contributed by atoms with E-state index in [0.29, 0.717) is 19.4 Å². The number of nitrogens with one attached hydrogen (secondary N) is 1. The summed E-state index contributed by atoms with van der Waals surface area (Å²) in [5.74, 6) is 0.160. The Hall–Kier alpha value is -3.21. The van der Waals surface area contributed by atoms with Crippen molar-refractivity contribution in [2.24, 2.45) is 0 Å². The first-order valence-electron chi connectivity index (χ1n) is 10.0. The van der Waals surface area contributed by atoms with Gasteiger partial charge in [0.15, 0.2) is 0 Å². The van der Waals surface area contributed by atoms with Crippen LogP contribution in [0, 0.1) is 13.8 Å². The van der Waals surface area contributed by atoms with Crippen LogP contribution in [0.5, 0.6) is 0 Å². The third kappa shape index (κ3) is 3.99. The van der Waals surface area contributed by atoms with Gasteiger partial charge in [-0.15, -0.1) is 0 Å². The average molecular weight is 387 g/mol. The molecule has 5 heteroatoms. The molecular weight excluding hydrogens is 362 g/mol. The number of rotatable bonds is 5. The van der Waals surface area contributed by atoms with E-state index in [1.165, 1.54) is 0 Å². The van der Waals surface area contributed by atoms with Crippen molar-refractivity contribution in [1.82, 2.24) is 10.3 Å². The molecule has 0 unspecified atom stereocenters. The van der Waals surface area contributed by atoms with Gasteiger partial charge in [-0.1, -0.05) is 30.3 Å². The summed E-state index contributed by atoms with van der Waals surface area (Å²) in [5, 5.41) is 4.09. The normalized spacial score (nSPS) is 13.9. The number of pyridine rings is 1. The van der Waals surface area contributed by atoms with Crippen LogP contribution in [-0.2, 0) is 22.6 Å². The highest BCUT2D eigenvalue weighted by Crippen LogP contribution is 2.23. The molecule has 1 saturated heterocycles. The van der Waals surface area contributed by atoms with Gasteiger partial charge < -0.3 is 10.2 Å². The molecule has 1 fully saturated rings. The summed E-state index contributed by atoms with van der Waals surface area (Å²) in [6.07, 6.45) is 1.86. The van der Waals surface area contributed by atoms with Crippen molar-refractivity contribution in [1.29, 1.82) is 0 Å². The monoisotopic (exact) mass is 387 g/mol. The minimum absolute atomic E-state index is 0.0212. The molecule has 1 N–H and O–H groups in total. The molecule has 2 heterocycles. The molecule has 2 aromatic carbocycles. The van der Waals surface area contributed by atoms with Crippen LogP contribution in [-0.4, -0.2) is 23.3 Å². The number of carbonyl (C=O) groups is 2. The molecular formula is C24H25N3O2. The maximum Gasteiger partial charge on any atom is 0.227 e. The van der Waals surface area contributed by atoms with E-state index in [9.17, 15) is 9.59 Å². The minimum Gasteiger partial charge on any atom is -0.352 e. The van der Waals surface area contributed by atoms with Crippen LogP contribution in [0.4, 0.5) is 5.69 Å². The minimum atomic E-state index is -0.0212. The van der Waals surface area contributed by atoms with Crippen LogP contribution in [0.3, 0.4) is 0 Å². The Balaban J connectivity index is 1.40. The lowest BCUT2D eigenvalue weighted by Gasteiger charge is -2.16. The number of fused-ring (bicyclic) bond motifs is 1.